The molecule has 0 aliphatic rings. The quantitative estimate of drug-likeness (QED) is 0.0741. The summed E-state index contributed by atoms with van der Waals surface area (Å²) in [5.74, 6) is -1.34. The topological polar surface area (TPSA) is 92.8 Å². The number of H-pyrrole nitrogens is 1. The zero-order valence-electron chi connectivity index (χ0n) is 22.8. The Labute approximate surface area is 262 Å². The van der Waals surface area contributed by atoms with Crippen LogP contribution >= 0.6 is 27.5 Å². The zero-order chi connectivity index (χ0) is 31.4. The summed E-state index contributed by atoms with van der Waals surface area (Å²) in [6.45, 7) is 1.93. The second kappa shape index (κ2) is 12.9. The van der Waals surface area contributed by atoms with Crippen molar-refractivity contribution in [1.29, 1.82) is 0 Å². The first-order chi connectivity index (χ1) is 21.1. The summed E-state index contributed by atoms with van der Waals surface area (Å²) in [5.41, 5.74) is 4.02. The summed E-state index contributed by atoms with van der Waals surface area (Å²) in [4.78, 5) is 29.1. The highest BCUT2D eigenvalue weighted by Crippen LogP contribution is 2.39. The third-order valence-corrected chi connectivity index (χ3v) is 7.42. The van der Waals surface area contributed by atoms with Crippen molar-refractivity contribution in [3.05, 3.63) is 117 Å². The summed E-state index contributed by atoms with van der Waals surface area (Å²) in [5, 5.41) is 5.35. The highest BCUT2D eigenvalue weighted by atomic mass is 79.9. The van der Waals surface area contributed by atoms with Gasteiger partial charge in [0.05, 0.1) is 29.5 Å². The number of halogens is 5. The van der Waals surface area contributed by atoms with Gasteiger partial charge >= 0.3 is 12.1 Å². The first kappa shape index (κ1) is 30.8. The Bertz CT molecular complexity index is 1910. The van der Waals surface area contributed by atoms with Crippen molar-refractivity contribution in [2.24, 2.45) is 5.10 Å². The number of alkyl halides is 3. The molecule has 7 nitrogen and oxygen atoms in total. The molecule has 0 spiro atoms. The number of benzene rings is 4. The Balaban J connectivity index is 1.37. The molecule has 12 heteroatoms. The van der Waals surface area contributed by atoms with Gasteiger partial charge in [0.1, 0.15) is 5.69 Å². The first-order valence-corrected chi connectivity index (χ1v) is 14.3. The van der Waals surface area contributed by atoms with Gasteiger partial charge in [-0.25, -0.2) is 10.2 Å². The van der Waals surface area contributed by atoms with E-state index in [9.17, 15) is 22.8 Å². The van der Waals surface area contributed by atoms with E-state index >= 15 is 0 Å². The minimum Gasteiger partial charge on any atom is -0.490 e. The van der Waals surface area contributed by atoms with Crippen LogP contribution in [0.25, 0.3) is 22.0 Å². The first-order valence-electron chi connectivity index (χ1n) is 13.1. The summed E-state index contributed by atoms with van der Waals surface area (Å²) in [7, 11) is 0. The van der Waals surface area contributed by atoms with Crippen molar-refractivity contribution in [1.82, 2.24) is 10.4 Å². The summed E-state index contributed by atoms with van der Waals surface area (Å²) >= 11 is 10.0. The number of amides is 1. The molecule has 1 aromatic heterocycles. The SMILES string of the molecule is CCOc1cc(C=NNC(=O)c2[nH]c3c(Br)cccc3c2-c2ccccc2Cl)ccc1OC(=O)c1cccc(C(F)(F)F)c1. The Morgan fingerprint density at radius 2 is 1.77 bits per heavy atom. The lowest BCUT2D eigenvalue weighted by Crippen LogP contribution is -2.19. The third kappa shape index (κ3) is 6.63. The van der Waals surface area contributed by atoms with Crippen molar-refractivity contribution in [2.45, 2.75) is 13.1 Å². The molecule has 0 aliphatic heterocycles. The molecule has 0 radical (unpaired) electrons. The fourth-order valence-electron chi connectivity index (χ4n) is 4.46. The number of nitrogens with one attached hydrogen (secondary N) is 2. The number of hydrazone groups is 1. The molecule has 0 unspecified atom stereocenters. The molecule has 44 heavy (non-hydrogen) atoms. The van der Waals surface area contributed by atoms with E-state index in [1.807, 2.05) is 30.3 Å². The zero-order valence-corrected chi connectivity index (χ0v) is 25.2. The molecule has 224 valence electrons. The van der Waals surface area contributed by atoms with E-state index in [-0.39, 0.29) is 29.4 Å². The van der Waals surface area contributed by atoms with E-state index in [1.54, 1.807) is 25.1 Å². The highest BCUT2D eigenvalue weighted by Gasteiger charge is 2.31. The van der Waals surface area contributed by atoms with Crippen LogP contribution in [0.1, 0.15) is 38.9 Å². The van der Waals surface area contributed by atoms with Crippen LogP contribution in [0.3, 0.4) is 0 Å². The number of ether oxygens (including phenoxy) is 2. The highest BCUT2D eigenvalue weighted by molar-refractivity contribution is 9.10. The number of para-hydroxylation sites is 1. The lowest BCUT2D eigenvalue weighted by atomic mass is 10.0. The Morgan fingerprint density at radius 3 is 2.52 bits per heavy atom. The summed E-state index contributed by atoms with van der Waals surface area (Å²) in [6.07, 6.45) is -3.24. The largest absolute Gasteiger partial charge is 0.490 e. The predicted molar refractivity (Wildman–Crippen MR) is 166 cm³/mol. The number of carbonyl (C=O) groups is 2. The van der Waals surface area contributed by atoms with Gasteiger partial charge in [0.2, 0.25) is 0 Å². The van der Waals surface area contributed by atoms with Gasteiger partial charge in [0.15, 0.2) is 11.5 Å². The Hall–Kier alpha value is -4.61. The third-order valence-electron chi connectivity index (χ3n) is 6.43. The number of aromatic amines is 1. The normalized spacial score (nSPS) is 11.6. The van der Waals surface area contributed by atoms with Gasteiger partial charge in [-0.1, -0.05) is 48.0 Å². The molecular weight excluding hydrogens is 663 g/mol. The number of esters is 1. The van der Waals surface area contributed by atoms with E-state index in [4.69, 9.17) is 21.1 Å². The fraction of sp³-hybridized carbons (Fsp3) is 0.0938. The van der Waals surface area contributed by atoms with Crippen molar-refractivity contribution in [2.75, 3.05) is 6.61 Å². The number of hydrogen-bond donors (Lipinski definition) is 2. The van der Waals surface area contributed by atoms with Crippen LogP contribution in [0.5, 0.6) is 11.5 Å². The molecular formula is C32H22BrClF3N3O4. The van der Waals surface area contributed by atoms with Gasteiger partial charge in [-0.15, -0.1) is 0 Å². The van der Waals surface area contributed by atoms with E-state index in [0.717, 1.165) is 28.1 Å². The second-order valence-electron chi connectivity index (χ2n) is 9.32. The number of carbonyl (C=O) groups excluding carboxylic acids is 2. The van der Waals surface area contributed by atoms with Crippen LogP contribution in [0.15, 0.2) is 94.5 Å². The van der Waals surface area contributed by atoms with Gasteiger partial charge in [-0.3, -0.25) is 4.79 Å². The smallest absolute Gasteiger partial charge is 0.416 e. The van der Waals surface area contributed by atoms with Crippen LogP contribution in [0.2, 0.25) is 5.02 Å². The van der Waals surface area contributed by atoms with Crippen LogP contribution in [-0.2, 0) is 6.18 Å². The minimum absolute atomic E-state index is 0.00322. The number of hydrogen-bond acceptors (Lipinski definition) is 5. The van der Waals surface area contributed by atoms with Crippen molar-refractivity contribution >= 4 is 56.5 Å². The maximum absolute atomic E-state index is 13.3. The minimum atomic E-state index is -4.61. The molecule has 0 fully saturated rings. The lowest BCUT2D eigenvalue weighted by molar-refractivity contribution is -0.137. The van der Waals surface area contributed by atoms with E-state index in [1.165, 1.54) is 24.4 Å². The molecule has 0 aliphatic carbocycles. The van der Waals surface area contributed by atoms with E-state index < -0.39 is 23.6 Å². The van der Waals surface area contributed by atoms with E-state index in [2.05, 4.69) is 31.4 Å². The molecule has 0 bridgehead atoms. The number of aromatic nitrogens is 1. The van der Waals surface area contributed by atoms with Gasteiger partial charge < -0.3 is 14.5 Å². The summed E-state index contributed by atoms with van der Waals surface area (Å²) in [6, 6.07) is 21.2. The molecule has 2 N–H and O–H groups in total. The summed E-state index contributed by atoms with van der Waals surface area (Å²) < 4.78 is 50.9. The molecule has 5 rings (SSSR count). The Morgan fingerprint density at radius 1 is 1.00 bits per heavy atom. The maximum atomic E-state index is 13.3. The fourth-order valence-corrected chi connectivity index (χ4v) is 5.15. The molecule has 4 aromatic carbocycles. The Kier molecular flexibility index (Phi) is 9.07. The van der Waals surface area contributed by atoms with Crippen LogP contribution in [0, 0.1) is 0 Å². The standard InChI is InChI=1S/C32H22BrClF3N3O4/c1-2-43-26-15-18(13-14-25(26)44-31(42)19-7-5-8-20(16-19)32(35,36)37)17-38-40-30(41)29-27(21-9-3-4-12-24(21)34)22-10-6-11-23(33)28(22)39-29/h3-17,39H,2H2,1H3,(H,40,41). The van der Waals surface area contributed by atoms with Crippen molar-refractivity contribution in [3.8, 4) is 22.6 Å². The average Bonchev–Trinajstić information content (AvgIpc) is 3.39. The maximum Gasteiger partial charge on any atom is 0.416 e. The molecule has 0 saturated heterocycles. The van der Waals surface area contributed by atoms with Gasteiger partial charge in [-0.05, 0) is 76.9 Å². The predicted octanol–water partition coefficient (Wildman–Crippen LogP) is 8.65. The van der Waals surface area contributed by atoms with Gasteiger partial charge in [0.25, 0.3) is 5.91 Å². The molecule has 1 heterocycles. The monoisotopic (exact) mass is 683 g/mol. The van der Waals surface area contributed by atoms with Crippen LogP contribution in [-0.4, -0.2) is 29.7 Å². The second-order valence-corrected chi connectivity index (χ2v) is 10.6. The molecule has 0 atom stereocenters. The van der Waals surface area contributed by atoms with Crippen LogP contribution < -0.4 is 14.9 Å². The number of fused-ring (bicyclic) bond motifs is 1. The average molecular weight is 685 g/mol. The molecule has 0 saturated carbocycles. The van der Waals surface area contributed by atoms with E-state index in [0.29, 0.717) is 27.2 Å². The number of rotatable bonds is 8. The molecule has 1 amide bonds. The van der Waals surface area contributed by atoms with Crippen molar-refractivity contribution < 1.29 is 32.2 Å². The van der Waals surface area contributed by atoms with Gasteiger partial charge in [-0.2, -0.15) is 18.3 Å². The molecule has 5 aromatic rings. The van der Waals surface area contributed by atoms with Crippen molar-refractivity contribution in [3.63, 3.8) is 0 Å². The lowest BCUT2D eigenvalue weighted by Gasteiger charge is -2.12. The number of nitrogens with zero attached hydrogens (tertiary/aromatic N) is 1. The van der Waals surface area contributed by atoms with Gasteiger partial charge in [0, 0.05) is 26.0 Å². The van der Waals surface area contributed by atoms with Crippen LogP contribution in [0.4, 0.5) is 13.2 Å².